The van der Waals surface area contributed by atoms with Crippen molar-refractivity contribution in [3.05, 3.63) is 71.8 Å². The number of benzene rings is 2. The number of rotatable bonds is 7. The van der Waals surface area contributed by atoms with E-state index in [9.17, 15) is 13.2 Å². The number of carbonyl (C=O) groups is 1. The molecule has 0 unspecified atom stereocenters. The summed E-state index contributed by atoms with van der Waals surface area (Å²) < 4.78 is 31.4. The third-order valence-electron chi connectivity index (χ3n) is 3.13. The van der Waals surface area contributed by atoms with Crippen molar-refractivity contribution in [2.45, 2.75) is 11.8 Å². The normalized spacial score (nSPS) is 11.5. The fraction of sp³-hybridized carbons (Fsp3) is 0.167. The highest BCUT2D eigenvalue weighted by atomic mass is 32.2. The lowest BCUT2D eigenvalue weighted by molar-refractivity contribution is 0.0550. The number of hydrogen-bond donors (Lipinski definition) is 1. The van der Waals surface area contributed by atoms with Gasteiger partial charge in [-0.3, -0.25) is 0 Å². The van der Waals surface area contributed by atoms with Gasteiger partial charge in [0.2, 0.25) is 10.0 Å². The highest BCUT2D eigenvalue weighted by Gasteiger charge is 2.15. The first-order chi connectivity index (χ1) is 11.5. The van der Waals surface area contributed by atoms with Crippen LogP contribution in [-0.4, -0.2) is 27.5 Å². The highest BCUT2D eigenvalue weighted by molar-refractivity contribution is 7.89. The van der Waals surface area contributed by atoms with E-state index >= 15 is 0 Å². The molecule has 5 nitrogen and oxygen atoms in total. The van der Waals surface area contributed by atoms with Gasteiger partial charge >= 0.3 is 5.97 Å². The van der Waals surface area contributed by atoms with Crippen molar-refractivity contribution in [2.24, 2.45) is 0 Å². The van der Waals surface area contributed by atoms with Gasteiger partial charge in [-0.05, 0) is 29.8 Å². The Morgan fingerprint density at radius 3 is 2.58 bits per heavy atom. The minimum absolute atomic E-state index is 0.0404. The van der Waals surface area contributed by atoms with Crippen molar-refractivity contribution in [1.29, 1.82) is 0 Å². The molecule has 0 aliphatic heterocycles. The molecule has 1 N–H and O–H groups in total. The van der Waals surface area contributed by atoms with Crippen LogP contribution in [0.25, 0.3) is 6.08 Å². The molecule has 0 radical (unpaired) electrons. The standard InChI is InChI=1S/C18H19NO4S/c1-2-19-24(21,22)17-12-6-11-16(14-17)18(20)23-13-7-10-15-8-4-3-5-9-15/h3-12,14,19H,2,13H2,1H3/b10-7+. The molecule has 0 atom stereocenters. The summed E-state index contributed by atoms with van der Waals surface area (Å²) in [7, 11) is -3.60. The molecule has 0 spiro atoms. The summed E-state index contributed by atoms with van der Waals surface area (Å²) >= 11 is 0. The Balaban J connectivity index is 1.99. The number of sulfonamides is 1. The SMILES string of the molecule is CCNS(=O)(=O)c1cccc(C(=O)OC/C=C/c2ccccc2)c1. The summed E-state index contributed by atoms with van der Waals surface area (Å²) in [5.41, 5.74) is 1.20. The molecule has 0 saturated carbocycles. The Morgan fingerprint density at radius 1 is 1.12 bits per heavy atom. The molecule has 0 bridgehead atoms. The van der Waals surface area contributed by atoms with E-state index in [4.69, 9.17) is 4.74 Å². The summed E-state index contributed by atoms with van der Waals surface area (Å²) in [6.45, 7) is 2.08. The molecular weight excluding hydrogens is 326 g/mol. The Hall–Kier alpha value is -2.44. The fourth-order valence-electron chi connectivity index (χ4n) is 2.02. The van der Waals surface area contributed by atoms with Gasteiger partial charge in [-0.25, -0.2) is 17.9 Å². The third-order valence-corrected chi connectivity index (χ3v) is 4.68. The van der Waals surface area contributed by atoms with Gasteiger partial charge in [0.1, 0.15) is 6.61 Å². The van der Waals surface area contributed by atoms with Crippen molar-refractivity contribution in [3.8, 4) is 0 Å². The van der Waals surface area contributed by atoms with Crippen molar-refractivity contribution >= 4 is 22.1 Å². The molecule has 0 fully saturated rings. The molecule has 0 aliphatic rings. The van der Waals surface area contributed by atoms with Crippen LogP contribution in [0.4, 0.5) is 0 Å². The van der Waals surface area contributed by atoms with Crippen molar-refractivity contribution in [3.63, 3.8) is 0 Å². The van der Waals surface area contributed by atoms with Crippen molar-refractivity contribution in [1.82, 2.24) is 4.72 Å². The smallest absolute Gasteiger partial charge is 0.338 e. The summed E-state index contributed by atoms with van der Waals surface area (Å²) in [5, 5.41) is 0. The second-order valence-corrected chi connectivity index (χ2v) is 6.71. The molecule has 2 aromatic carbocycles. The van der Waals surface area contributed by atoms with Crippen LogP contribution < -0.4 is 4.72 Å². The second-order valence-electron chi connectivity index (χ2n) is 4.94. The zero-order valence-corrected chi connectivity index (χ0v) is 14.1. The number of esters is 1. The van der Waals surface area contributed by atoms with Gasteiger partial charge in [-0.1, -0.05) is 49.4 Å². The Labute approximate surface area is 142 Å². The zero-order chi connectivity index (χ0) is 17.4. The van der Waals surface area contributed by atoms with Crippen LogP contribution in [0.15, 0.2) is 65.6 Å². The summed E-state index contributed by atoms with van der Waals surface area (Å²) in [6, 6.07) is 15.4. The molecule has 24 heavy (non-hydrogen) atoms. The average molecular weight is 345 g/mol. The molecule has 0 aliphatic carbocycles. The van der Waals surface area contributed by atoms with E-state index in [2.05, 4.69) is 4.72 Å². The minimum atomic E-state index is -3.60. The van der Waals surface area contributed by atoms with E-state index in [1.165, 1.54) is 24.3 Å². The first kappa shape index (κ1) is 17.9. The summed E-state index contributed by atoms with van der Waals surface area (Å²) in [6.07, 6.45) is 3.58. The zero-order valence-electron chi connectivity index (χ0n) is 13.3. The van der Waals surface area contributed by atoms with Crippen LogP contribution in [0.3, 0.4) is 0 Å². The van der Waals surface area contributed by atoms with Gasteiger partial charge in [-0.15, -0.1) is 0 Å². The van der Waals surface area contributed by atoms with Gasteiger partial charge in [0.05, 0.1) is 10.5 Å². The first-order valence-corrected chi connectivity index (χ1v) is 8.99. The molecule has 2 aromatic rings. The lowest BCUT2D eigenvalue weighted by Crippen LogP contribution is -2.23. The fourth-order valence-corrected chi connectivity index (χ4v) is 3.11. The van der Waals surface area contributed by atoms with E-state index in [0.717, 1.165) is 5.56 Å². The topological polar surface area (TPSA) is 72.5 Å². The molecule has 0 saturated heterocycles. The predicted octanol–water partition coefficient (Wildman–Crippen LogP) is 2.86. The van der Waals surface area contributed by atoms with E-state index < -0.39 is 16.0 Å². The van der Waals surface area contributed by atoms with Crippen LogP contribution in [0, 0.1) is 0 Å². The van der Waals surface area contributed by atoms with E-state index in [0.29, 0.717) is 0 Å². The van der Waals surface area contributed by atoms with Crippen LogP contribution in [-0.2, 0) is 14.8 Å². The number of hydrogen-bond acceptors (Lipinski definition) is 4. The molecule has 2 rings (SSSR count). The third kappa shape index (κ3) is 5.04. The Kier molecular flexibility index (Phi) is 6.28. The van der Waals surface area contributed by atoms with Crippen LogP contribution in [0.1, 0.15) is 22.8 Å². The molecule has 126 valence electrons. The maximum atomic E-state index is 12.0. The molecule has 6 heteroatoms. The average Bonchev–Trinajstić information content (AvgIpc) is 2.59. The van der Waals surface area contributed by atoms with E-state index in [1.807, 2.05) is 36.4 Å². The number of carbonyl (C=O) groups excluding carboxylic acids is 1. The highest BCUT2D eigenvalue weighted by Crippen LogP contribution is 2.12. The maximum Gasteiger partial charge on any atom is 0.338 e. The minimum Gasteiger partial charge on any atom is -0.458 e. The predicted molar refractivity (Wildman–Crippen MR) is 93.1 cm³/mol. The first-order valence-electron chi connectivity index (χ1n) is 7.51. The molecule has 0 amide bonds. The molecule has 0 aromatic heterocycles. The van der Waals surface area contributed by atoms with Crippen LogP contribution in [0.5, 0.6) is 0 Å². The largest absolute Gasteiger partial charge is 0.458 e. The monoisotopic (exact) mass is 345 g/mol. The van der Waals surface area contributed by atoms with Crippen LogP contribution in [0.2, 0.25) is 0 Å². The van der Waals surface area contributed by atoms with E-state index in [-0.39, 0.29) is 23.6 Å². The molecule has 0 heterocycles. The molecular formula is C18H19NO4S. The summed E-state index contributed by atoms with van der Waals surface area (Å²) in [5.74, 6) is -0.568. The van der Waals surface area contributed by atoms with Gasteiger partial charge in [-0.2, -0.15) is 0 Å². The lowest BCUT2D eigenvalue weighted by atomic mass is 10.2. The lowest BCUT2D eigenvalue weighted by Gasteiger charge is -2.06. The van der Waals surface area contributed by atoms with Gasteiger partial charge in [0.15, 0.2) is 0 Å². The maximum absolute atomic E-state index is 12.0. The second kappa shape index (κ2) is 8.42. The van der Waals surface area contributed by atoms with Gasteiger partial charge in [0, 0.05) is 6.54 Å². The van der Waals surface area contributed by atoms with Crippen molar-refractivity contribution < 1.29 is 17.9 Å². The summed E-state index contributed by atoms with van der Waals surface area (Å²) in [4.78, 5) is 12.1. The van der Waals surface area contributed by atoms with Gasteiger partial charge in [0.25, 0.3) is 0 Å². The van der Waals surface area contributed by atoms with Gasteiger partial charge < -0.3 is 4.74 Å². The quantitative estimate of drug-likeness (QED) is 0.783. The van der Waals surface area contributed by atoms with Crippen LogP contribution >= 0.6 is 0 Å². The van der Waals surface area contributed by atoms with Crippen molar-refractivity contribution in [2.75, 3.05) is 13.2 Å². The Morgan fingerprint density at radius 2 is 1.88 bits per heavy atom. The van der Waals surface area contributed by atoms with E-state index in [1.54, 1.807) is 13.0 Å². The number of ether oxygens (including phenoxy) is 1. The number of nitrogens with one attached hydrogen (secondary N) is 1. The Bertz CT molecular complexity index is 814.